The standard InChI is InChI=1S/C32H30Cl2N4O2/c33-24-15-11-22(12-16-24)30-31(23-13-17-25(34)18-14-23)37-32-27(36-30)19-20-29(40)38(32)21-7-2-1-6-10-28(39)35-26-8-4-3-5-9-26/h3-5,8-9,11-18H,1-2,6-7,10,19-21H2,(H,35,39). The lowest BCUT2D eigenvalue weighted by Crippen LogP contribution is -2.37. The van der Waals surface area contributed by atoms with Crippen LogP contribution < -0.4 is 10.2 Å². The van der Waals surface area contributed by atoms with Crippen molar-refractivity contribution in [3.05, 3.63) is 94.6 Å². The molecule has 0 unspecified atom stereocenters. The Balaban J connectivity index is 1.28. The van der Waals surface area contributed by atoms with Crippen molar-refractivity contribution in [2.24, 2.45) is 0 Å². The number of hydrogen-bond acceptors (Lipinski definition) is 4. The van der Waals surface area contributed by atoms with Gasteiger partial charge in [0.05, 0.1) is 17.1 Å². The first kappa shape index (κ1) is 27.8. The van der Waals surface area contributed by atoms with Gasteiger partial charge in [0.1, 0.15) is 0 Å². The molecule has 4 aromatic rings. The lowest BCUT2D eigenvalue weighted by atomic mass is 10.0. The maximum atomic E-state index is 13.0. The second-order valence-electron chi connectivity index (χ2n) is 9.83. The monoisotopic (exact) mass is 572 g/mol. The maximum Gasteiger partial charge on any atom is 0.228 e. The molecule has 1 N–H and O–H groups in total. The van der Waals surface area contributed by atoms with Crippen LogP contribution in [0.3, 0.4) is 0 Å². The number of carbonyl (C=O) groups excluding carboxylic acids is 2. The van der Waals surface area contributed by atoms with Crippen molar-refractivity contribution in [1.82, 2.24) is 9.97 Å². The second-order valence-corrected chi connectivity index (χ2v) is 10.7. The van der Waals surface area contributed by atoms with E-state index in [2.05, 4.69) is 5.32 Å². The van der Waals surface area contributed by atoms with Gasteiger partial charge in [-0.1, -0.05) is 78.5 Å². The van der Waals surface area contributed by atoms with E-state index in [4.69, 9.17) is 33.2 Å². The minimum Gasteiger partial charge on any atom is -0.326 e. The topological polar surface area (TPSA) is 75.2 Å². The summed E-state index contributed by atoms with van der Waals surface area (Å²) in [5.74, 6) is 0.708. The number of halogens is 2. The zero-order valence-corrected chi connectivity index (χ0v) is 23.6. The number of nitrogens with zero attached hydrogens (tertiary/aromatic N) is 3. The summed E-state index contributed by atoms with van der Waals surface area (Å²) in [5.41, 5.74) is 4.86. The van der Waals surface area contributed by atoms with Crippen molar-refractivity contribution in [3.63, 3.8) is 0 Å². The van der Waals surface area contributed by atoms with Crippen LogP contribution in [0.15, 0.2) is 78.9 Å². The van der Waals surface area contributed by atoms with Gasteiger partial charge in [-0.15, -0.1) is 0 Å². The molecule has 6 nitrogen and oxygen atoms in total. The van der Waals surface area contributed by atoms with Crippen LogP contribution in [0.25, 0.3) is 22.5 Å². The Hall–Kier alpha value is -3.74. The molecule has 2 heterocycles. The Labute approximate surface area is 244 Å². The predicted octanol–water partition coefficient (Wildman–Crippen LogP) is 7.99. The minimum atomic E-state index is 0.0211. The van der Waals surface area contributed by atoms with Crippen LogP contribution in [0.1, 0.15) is 44.2 Å². The molecule has 0 bridgehead atoms. The molecule has 0 aliphatic carbocycles. The Morgan fingerprint density at radius 3 is 2.00 bits per heavy atom. The molecule has 2 amide bonds. The van der Waals surface area contributed by atoms with E-state index < -0.39 is 0 Å². The first-order valence-electron chi connectivity index (χ1n) is 13.6. The van der Waals surface area contributed by atoms with Crippen LogP contribution in [0.5, 0.6) is 0 Å². The van der Waals surface area contributed by atoms with Gasteiger partial charge in [-0.25, -0.2) is 9.97 Å². The van der Waals surface area contributed by atoms with Crippen LogP contribution in [0.4, 0.5) is 11.5 Å². The fourth-order valence-corrected chi connectivity index (χ4v) is 5.08. The third-order valence-corrected chi connectivity index (χ3v) is 7.41. The highest BCUT2D eigenvalue weighted by atomic mass is 35.5. The molecule has 8 heteroatoms. The molecule has 0 saturated heterocycles. The molecule has 204 valence electrons. The van der Waals surface area contributed by atoms with E-state index in [0.717, 1.165) is 53.9 Å². The summed E-state index contributed by atoms with van der Waals surface area (Å²) in [7, 11) is 0. The van der Waals surface area contributed by atoms with Crippen molar-refractivity contribution < 1.29 is 9.59 Å². The summed E-state index contributed by atoms with van der Waals surface area (Å²) in [6.07, 6.45) is 4.88. The predicted molar refractivity (Wildman–Crippen MR) is 162 cm³/mol. The highest BCUT2D eigenvalue weighted by Gasteiger charge is 2.28. The van der Waals surface area contributed by atoms with Crippen LogP contribution in [0, 0.1) is 0 Å². The number of para-hydroxylation sites is 1. The Bertz CT molecular complexity index is 1480. The maximum absolute atomic E-state index is 13.0. The van der Waals surface area contributed by atoms with Crippen LogP contribution in [-0.4, -0.2) is 28.3 Å². The number of carbonyl (C=O) groups is 2. The van der Waals surface area contributed by atoms with Crippen molar-refractivity contribution in [3.8, 4) is 22.5 Å². The lowest BCUT2D eigenvalue weighted by molar-refractivity contribution is -0.119. The summed E-state index contributed by atoms with van der Waals surface area (Å²) in [5, 5.41) is 4.21. The molecule has 1 aliphatic heterocycles. The molecule has 40 heavy (non-hydrogen) atoms. The van der Waals surface area contributed by atoms with Gasteiger partial charge in [-0.2, -0.15) is 0 Å². The van der Waals surface area contributed by atoms with Crippen molar-refractivity contribution >= 4 is 46.5 Å². The van der Waals surface area contributed by atoms with Crippen molar-refractivity contribution in [1.29, 1.82) is 0 Å². The molecule has 1 aliphatic rings. The number of benzene rings is 3. The molecular formula is C32H30Cl2N4O2. The van der Waals surface area contributed by atoms with Gasteiger partial charge in [0.2, 0.25) is 11.8 Å². The quantitative estimate of drug-likeness (QED) is 0.195. The van der Waals surface area contributed by atoms with E-state index in [1.807, 2.05) is 78.9 Å². The zero-order chi connectivity index (χ0) is 27.9. The average Bonchev–Trinajstić information content (AvgIpc) is 2.96. The minimum absolute atomic E-state index is 0.0211. The largest absolute Gasteiger partial charge is 0.326 e. The first-order chi connectivity index (χ1) is 19.5. The number of rotatable bonds is 10. The fourth-order valence-electron chi connectivity index (χ4n) is 4.83. The number of aromatic nitrogens is 2. The fraction of sp³-hybridized carbons (Fsp3) is 0.250. The molecule has 0 radical (unpaired) electrons. The van der Waals surface area contributed by atoms with E-state index in [-0.39, 0.29) is 11.8 Å². The van der Waals surface area contributed by atoms with Crippen LogP contribution >= 0.6 is 23.2 Å². The molecular weight excluding hydrogens is 543 g/mol. The van der Waals surface area contributed by atoms with E-state index in [0.29, 0.717) is 47.4 Å². The molecule has 5 rings (SSSR count). The Kier molecular flexibility index (Phi) is 9.09. The normalized spacial score (nSPS) is 12.8. The zero-order valence-electron chi connectivity index (χ0n) is 22.1. The van der Waals surface area contributed by atoms with E-state index in [9.17, 15) is 9.59 Å². The molecule has 3 aromatic carbocycles. The number of hydrogen-bond donors (Lipinski definition) is 1. The van der Waals surface area contributed by atoms with Gasteiger partial charge in [0, 0.05) is 52.7 Å². The summed E-state index contributed by atoms with van der Waals surface area (Å²) in [6, 6.07) is 24.5. The third-order valence-electron chi connectivity index (χ3n) is 6.91. The van der Waals surface area contributed by atoms with Crippen LogP contribution in [-0.2, 0) is 16.0 Å². The van der Waals surface area contributed by atoms with E-state index >= 15 is 0 Å². The van der Waals surface area contributed by atoms with Gasteiger partial charge < -0.3 is 5.32 Å². The van der Waals surface area contributed by atoms with Gasteiger partial charge >= 0.3 is 0 Å². The molecule has 0 fully saturated rings. The van der Waals surface area contributed by atoms with Gasteiger partial charge in [-0.05, 0) is 49.2 Å². The Morgan fingerprint density at radius 1 is 0.750 bits per heavy atom. The molecule has 0 atom stereocenters. The highest BCUT2D eigenvalue weighted by Crippen LogP contribution is 2.35. The number of nitrogens with one attached hydrogen (secondary N) is 1. The number of fused-ring (bicyclic) bond motifs is 1. The lowest BCUT2D eigenvalue weighted by Gasteiger charge is -2.29. The molecule has 0 spiro atoms. The smallest absolute Gasteiger partial charge is 0.228 e. The summed E-state index contributed by atoms with van der Waals surface area (Å²) < 4.78 is 0. The second kappa shape index (κ2) is 13.1. The van der Waals surface area contributed by atoms with Gasteiger partial charge in [0.15, 0.2) is 5.82 Å². The number of amides is 2. The Morgan fingerprint density at radius 2 is 1.35 bits per heavy atom. The number of aryl methyl sites for hydroxylation is 1. The van der Waals surface area contributed by atoms with Crippen LogP contribution in [0.2, 0.25) is 10.0 Å². The average molecular weight is 574 g/mol. The first-order valence-corrected chi connectivity index (χ1v) is 14.3. The van der Waals surface area contributed by atoms with E-state index in [1.54, 1.807) is 4.90 Å². The molecule has 0 saturated carbocycles. The number of anilines is 2. The van der Waals surface area contributed by atoms with Crippen molar-refractivity contribution in [2.75, 3.05) is 16.8 Å². The number of unbranched alkanes of at least 4 members (excludes halogenated alkanes) is 3. The summed E-state index contributed by atoms with van der Waals surface area (Å²) >= 11 is 12.3. The van der Waals surface area contributed by atoms with Gasteiger partial charge in [-0.3, -0.25) is 14.5 Å². The van der Waals surface area contributed by atoms with Gasteiger partial charge in [0.25, 0.3) is 0 Å². The van der Waals surface area contributed by atoms with Crippen molar-refractivity contribution in [2.45, 2.75) is 44.9 Å². The summed E-state index contributed by atoms with van der Waals surface area (Å²) in [4.78, 5) is 37.0. The SMILES string of the molecule is O=C(CCCCCCN1C(=O)CCc2nc(-c3ccc(Cl)cc3)c(-c3ccc(Cl)cc3)nc21)Nc1ccccc1. The highest BCUT2D eigenvalue weighted by molar-refractivity contribution is 6.31. The van der Waals surface area contributed by atoms with E-state index in [1.165, 1.54) is 0 Å². The third kappa shape index (κ3) is 6.87. The summed E-state index contributed by atoms with van der Waals surface area (Å²) in [6.45, 7) is 0.567. The molecule has 1 aromatic heterocycles.